The number of hydrogen-bond donors (Lipinski definition) is 2. The fraction of sp³-hybridized carbons (Fsp3) is 0.167. The zero-order chi connectivity index (χ0) is 11.7. The van der Waals surface area contributed by atoms with Crippen LogP contribution in [0.3, 0.4) is 0 Å². The van der Waals surface area contributed by atoms with E-state index < -0.39 is 0 Å². The molecule has 2 N–H and O–H groups in total. The van der Waals surface area contributed by atoms with E-state index in [1.54, 1.807) is 0 Å². The Morgan fingerprint density at radius 2 is 2.06 bits per heavy atom. The van der Waals surface area contributed by atoms with Crippen LogP contribution in [0.15, 0.2) is 36.5 Å². The van der Waals surface area contributed by atoms with Crippen LogP contribution in [-0.4, -0.2) is 26.6 Å². The van der Waals surface area contributed by atoms with Crippen LogP contribution in [0.25, 0.3) is 17.2 Å². The van der Waals surface area contributed by atoms with Gasteiger partial charge in [0, 0.05) is 12.1 Å². The van der Waals surface area contributed by atoms with Gasteiger partial charge in [0.05, 0.1) is 11.9 Å². The Hall–Kier alpha value is -2.14. The summed E-state index contributed by atoms with van der Waals surface area (Å²) in [5, 5.41) is 6.27. The van der Waals surface area contributed by atoms with Crippen LogP contribution in [0.5, 0.6) is 0 Å². The van der Waals surface area contributed by atoms with E-state index >= 15 is 0 Å². The molecular weight excluding hydrogens is 214 g/mol. The van der Waals surface area contributed by atoms with Gasteiger partial charge < -0.3 is 5.32 Å². The number of nitrogens with one attached hydrogen (secondary N) is 2. The summed E-state index contributed by atoms with van der Waals surface area (Å²) in [6.45, 7) is 0.748. The van der Waals surface area contributed by atoms with E-state index in [-0.39, 0.29) is 0 Å². The average Bonchev–Trinajstić information content (AvgIpc) is 2.88. The number of rotatable bonds is 3. The van der Waals surface area contributed by atoms with Gasteiger partial charge in [0.1, 0.15) is 0 Å². The van der Waals surface area contributed by atoms with Gasteiger partial charge in [-0.15, -0.1) is 0 Å². The van der Waals surface area contributed by atoms with E-state index in [0.29, 0.717) is 5.78 Å². The van der Waals surface area contributed by atoms with Crippen LogP contribution in [0.2, 0.25) is 0 Å². The van der Waals surface area contributed by atoms with Gasteiger partial charge in [0.25, 0.3) is 5.78 Å². The maximum Gasteiger partial charge on any atom is 0.251 e. The molecule has 0 aliphatic heterocycles. The first-order valence-corrected chi connectivity index (χ1v) is 5.51. The third-order valence-corrected chi connectivity index (χ3v) is 2.58. The van der Waals surface area contributed by atoms with E-state index in [0.717, 1.165) is 23.6 Å². The van der Waals surface area contributed by atoms with Crippen LogP contribution in [0, 0.1) is 0 Å². The molecule has 5 nitrogen and oxygen atoms in total. The maximum atomic E-state index is 4.45. The first-order valence-electron chi connectivity index (χ1n) is 5.51. The quantitative estimate of drug-likeness (QED) is 0.712. The van der Waals surface area contributed by atoms with Gasteiger partial charge in [-0.25, -0.2) is 9.50 Å². The minimum Gasteiger partial charge on any atom is -0.314 e. The van der Waals surface area contributed by atoms with Gasteiger partial charge in [0.15, 0.2) is 5.82 Å². The number of aromatic amines is 1. The van der Waals surface area contributed by atoms with Gasteiger partial charge in [-0.3, -0.25) is 5.10 Å². The van der Waals surface area contributed by atoms with Crippen LogP contribution >= 0.6 is 0 Å². The molecule has 5 heteroatoms. The first-order chi connectivity index (χ1) is 8.36. The van der Waals surface area contributed by atoms with Crippen molar-refractivity contribution in [3.63, 3.8) is 0 Å². The lowest BCUT2D eigenvalue weighted by molar-refractivity contribution is 0.795. The molecule has 0 atom stereocenters. The largest absolute Gasteiger partial charge is 0.314 e. The molecule has 1 aromatic carbocycles. The number of imidazole rings is 1. The monoisotopic (exact) mass is 227 g/mol. The van der Waals surface area contributed by atoms with Crippen molar-refractivity contribution in [3.05, 3.63) is 42.2 Å². The molecule has 2 aromatic heterocycles. The van der Waals surface area contributed by atoms with Crippen molar-refractivity contribution >= 4 is 5.78 Å². The van der Waals surface area contributed by atoms with E-state index in [1.165, 1.54) is 0 Å². The molecule has 0 radical (unpaired) electrons. The Morgan fingerprint density at radius 3 is 2.76 bits per heavy atom. The third kappa shape index (κ3) is 1.81. The average molecular weight is 227 g/mol. The summed E-state index contributed by atoms with van der Waals surface area (Å²) in [4.78, 5) is 8.86. The molecule has 86 valence electrons. The van der Waals surface area contributed by atoms with E-state index in [2.05, 4.69) is 20.4 Å². The molecule has 2 heterocycles. The minimum absolute atomic E-state index is 0.703. The highest BCUT2D eigenvalue weighted by molar-refractivity contribution is 5.56. The highest BCUT2D eigenvalue weighted by Gasteiger charge is 2.07. The summed E-state index contributed by atoms with van der Waals surface area (Å²) >= 11 is 0. The lowest BCUT2D eigenvalue weighted by atomic mass is 10.2. The molecule has 0 fully saturated rings. The summed E-state index contributed by atoms with van der Waals surface area (Å²) in [7, 11) is 1.90. The van der Waals surface area contributed by atoms with Crippen molar-refractivity contribution in [2.75, 3.05) is 7.05 Å². The summed E-state index contributed by atoms with van der Waals surface area (Å²) in [6, 6.07) is 10.0. The molecule has 3 rings (SSSR count). The minimum atomic E-state index is 0.703. The zero-order valence-electron chi connectivity index (χ0n) is 9.51. The lowest BCUT2D eigenvalue weighted by Gasteiger charge is -1.94. The van der Waals surface area contributed by atoms with Crippen molar-refractivity contribution in [2.24, 2.45) is 0 Å². The van der Waals surface area contributed by atoms with Gasteiger partial charge in [-0.05, 0) is 7.05 Å². The number of fused-ring (bicyclic) bond motifs is 1. The molecule has 0 saturated carbocycles. The highest BCUT2D eigenvalue weighted by atomic mass is 15.3. The summed E-state index contributed by atoms with van der Waals surface area (Å²) in [5.41, 5.74) is 2.04. The van der Waals surface area contributed by atoms with Crippen LogP contribution in [-0.2, 0) is 6.54 Å². The summed E-state index contributed by atoms with van der Waals surface area (Å²) in [5.74, 6) is 1.54. The predicted molar refractivity (Wildman–Crippen MR) is 65.5 cm³/mol. The lowest BCUT2D eigenvalue weighted by Crippen LogP contribution is -2.05. The Kier molecular flexibility index (Phi) is 2.38. The third-order valence-electron chi connectivity index (χ3n) is 2.58. The van der Waals surface area contributed by atoms with Gasteiger partial charge in [-0.2, -0.15) is 4.98 Å². The predicted octanol–water partition coefficient (Wildman–Crippen LogP) is 1.44. The molecule has 0 spiro atoms. The molecule has 0 bridgehead atoms. The molecule has 3 aromatic rings. The standard InChI is InChI=1S/C12H13N5/c1-13-7-10-8-17-12(14-10)15-11(16-17)9-5-3-2-4-6-9/h2-6,8,13H,7H2,1H3,(H,14,15,16). The van der Waals surface area contributed by atoms with Crippen molar-refractivity contribution in [1.82, 2.24) is 24.9 Å². The molecular formula is C12H13N5. The SMILES string of the molecule is CNCc1cn2[nH]c(-c3ccccc3)nc2n1. The number of nitrogens with zero attached hydrogens (tertiary/aromatic N) is 3. The number of H-pyrrole nitrogens is 1. The number of aromatic nitrogens is 4. The fourth-order valence-corrected chi connectivity index (χ4v) is 1.81. The molecule has 17 heavy (non-hydrogen) atoms. The molecule has 0 saturated heterocycles. The summed E-state index contributed by atoms with van der Waals surface area (Å²) < 4.78 is 1.84. The fourth-order valence-electron chi connectivity index (χ4n) is 1.81. The second-order valence-corrected chi connectivity index (χ2v) is 3.87. The second-order valence-electron chi connectivity index (χ2n) is 3.87. The van der Waals surface area contributed by atoms with Gasteiger partial charge >= 0.3 is 0 Å². The van der Waals surface area contributed by atoms with Crippen LogP contribution < -0.4 is 5.32 Å². The first kappa shape index (κ1) is 10.0. The van der Waals surface area contributed by atoms with Crippen molar-refractivity contribution in [1.29, 1.82) is 0 Å². The Bertz CT molecular complexity index is 591. The van der Waals surface area contributed by atoms with Gasteiger partial charge in [0.2, 0.25) is 0 Å². The highest BCUT2D eigenvalue weighted by Crippen LogP contribution is 2.15. The number of hydrogen-bond acceptors (Lipinski definition) is 3. The van der Waals surface area contributed by atoms with E-state index in [1.807, 2.05) is 48.1 Å². The normalized spacial score (nSPS) is 11.1. The maximum absolute atomic E-state index is 4.45. The van der Waals surface area contributed by atoms with Crippen molar-refractivity contribution < 1.29 is 0 Å². The zero-order valence-corrected chi connectivity index (χ0v) is 9.51. The molecule has 0 amide bonds. The van der Waals surface area contributed by atoms with Gasteiger partial charge in [-0.1, -0.05) is 30.3 Å². The Morgan fingerprint density at radius 1 is 1.24 bits per heavy atom. The van der Waals surface area contributed by atoms with Crippen molar-refractivity contribution in [2.45, 2.75) is 6.54 Å². The van der Waals surface area contributed by atoms with Crippen LogP contribution in [0.1, 0.15) is 5.69 Å². The smallest absolute Gasteiger partial charge is 0.251 e. The van der Waals surface area contributed by atoms with Crippen molar-refractivity contribution in [3.8, 4) is 11.4 Å². The molecule has 0 aliphatic carbocycles. The summed E-state index contributed by atoms with van der Waals surface area (Å²) in [6.07, 6.45) is 1.95. The second kappa shape index (κ2) is 4.03. The topological polar surface area (TPSA) is 58.0 Å². The van der Waals surface area contributed by atoms with E-state index in [4.69, 9.17) is 0 Å². The Labute approximate surface area is 98.5 Å². The van der Waals surface area contributed by atoms with E-state index in [9.17, 15) is 0 Å². The molecule has 0 unspecified atom stereocenters. The molecule has 0 aliphatic rings. The number of benzene rings is 1. The Balaban J connectivity index is 2.01. The van der Waals surface area contributed by atoms with Crippen LogP contribution in [0.4, 0.5) is 0 Å².